The third-order valence-corrected chi connectivity index (χ3v) is 6.22. The Morgan fingerprint density at radius 3 is 2.61 bits per heavy atom. The Bertz CT molecular complexity index is 1080. The Morgan fingerprint density at radius 2 is 1.97 bits per heavy atom. The molecule has 9 heteroatoms. The van der Waals surface area contributed by atoms with Crippen LogP contribution in [0.15, 0.2) is 59.1 Å². The van der Waals surface area contributed by atoms with Gasteiger partial charge in [-0.2, -0.15) is 5.26 Å². The molecule has 1 N–H and O–H groups in total. The van der Waals surface area contributed by atoms with Crippen molar-refractivity contribution in [3.63, 3.8) is 0 Å². The first kappa shape index (κ1) is 24.5. The third kappa shape index (κ3) is 5.81. The molecule has 0 saturated heterocycles. The van der Waals surface area contributed by atoms with E-state index in [2.05, 4.69) is 11.4 Å². The number of esters is 1. The summed E-state index contributed by atoms with van der Waals surface area (Å²) in [5.41, 5.74) is 0.804. The van der Waals surface area contributed by atoms with Gasteiger partial charge in [-0.25, -0.2) is 0 Å². The van der Waals surface area contributed by atoms with Gasteiger partial charge in [-0.05, 0) is 36.8 Å². The van der Waals surface area contributed by atoms with Crippen molar-refractivity contribution in [3.8, 4) is 17.6 Å². The summed E-state index contributed by atoms with van der Waals surface area (Å²) < 4.78 is 16.0. The molecule has 2 atom stereocenters. The number of allylic oxidation sites excluding steroid dienone is 1. The number of carbonyl (C=O) groups excluding carboxylic acids is 2. The van der Waals surface area contributed by atoms with E-state index in [1.807, 2.05) is 37.3 Å². The summed E-state index contributed by atoms with van der Waals surface area (Å²) in [7, 11) is 1.21. The molecular formula is C24H23ClN2O5S. The zero-order valence-electron chi connectivity index (χ0n) is 18.2. The quantitative estimate of drug-likeness (QED) is 0.321. The van der Waals surface area contributed by atoms with Gasteiger partial charge in [0.15, 0.2) is 0 Å². The van der Waals surface area contributed by atoms with Crippen molar-refractivity contribution in [2.75, 3.05) is 26.1 Å². The fourth-order valence-corrected chi connectivity index (χ4v) is 4.60. The second-order valence-electron chi connectivity index (χ2n) is 6.96. The minimum absolute atomic E-state index is 0.259. The number of para-hydroxylation sites is 1. The summed E-state index contributed by atoms with van der Waals surface area (Å²) in [5.74, 6) is -1.64. The monoisotopic (exact) mass is 486 g/mol. The molecule has 172 valence electrons. The summed E-state index contributed by atoms with van der Waals surface area (Å²) in [6, 6.07) is 16.5. The number of carbonyl (C=O) groups is 2. The van der Waals surface area contributed by atoms with Crippen molar-refractivity contribution in [3.05, 3.63) is 69.7 Å². The second-order valence-corrected chi connectivity index (χ2v) is 8.47. The van der Waals surface area contributed by atoms with Crippen molar-refractivity contribution in [1.82, 2.24) is 5.32 Å². The maximum Gasteiger partial charge on any atom is 0.319 e. The standard InChI is InChI=1S/C24H23ClN2O5S/c1-3-31-19-10-9-15(13-18(19)25)20-17(14-26)23(27-22(28)21(20)24(29)30-2)33-12-11-32-16-7-5-4-6-8-16/h4-10,13,20-21H,3,11-12H2,1-2H3,(H,27,28)/t20-,21-/m1/s1. The van der Waals surface area contributed by atoms with Crippen LogP contribution in [0.25, 0.3) is 0 Å². The minimum atomic E-state index is -1.22. The number of ether oxygens (including phenoxy) is 3. The normalized spacial score (nSPS) is 17.7. The number of hydrogen-bond donors (Lipinski definition) is 1. The van der Waals surface area contributed by atoms with Crippen molar-refractivity contribution < 1.29 is 23.8 Å². The van der Waals surface area contributed by atoms with Crippen LogP contribution in [0, 0.1) is 17.2 Å². The molecule has 33 heavy (non-hydrogen) atoms. The van der Waals surface area contributed by atoms with Crippen LogP contribution in [0.2, 0.25) is 5.02 Å². The van der Waals surface area contributed by atoms with Crippen LogP contribution in [0.5, 0.6) is 11.5 Å². The average molecular weight is 487 g/mol. The maximum absolute atomic E-state index is 12.9. The summed E-state index contributed by atoms with van der Waals surface area (Å²) in [4.78, 5) is 25.4. The van der Waals surface area contributed by atoms with E-state index in [4.69, 9.17) is 25.8 Å². The van der Waals surface area contributed by atoms with Gasteiger partial charge in [0.05, 0.1) is 42.0 Å². The number of halogens is 1. The van der Waals surface area contributed by atoms with E-state index < -0.39 is 23.7 Å². The smallest absolute Gasteiger partial charge is 0.319 e. The third-order valence-electron chi connectivity index (χ3n) is 4.94. The molecule has 0 radical (unpaired) electrons. The fraction of sp³-hybridized carbons (Fsp3) is 0.292. The summed E-state index contributed by atoms with van der Waals surface area (Å²) in [6.45, 7) is 2.64. The number of nitrogens with zero attached hydrogens (tertiary/aromatic N) is 1. The fourth-order valence-electron chi connectivity index (χ4n) is 3.48. The van der Waals surface area contributed by atoms with Crippen LogP contribution in [0.3, 0.4) is 0 Å². The molecule has 1 heterocycles. The van der Waals surface area contributed by atoms with E-state index >= 15 is 0 Å². The first-order chi connectivity index (χ1) is 16.0. The average Bonchev–Trinajstić information content (AvgIpc) is 2.83. The van der Waals surface area contributed by atoms with E-state index in [0.29, 0.717) is 40.3 Å². The van der Waals surface area contributed by atoms with Gasteiger partial charge in [0, 0.05) is 11.7 Å². The van der Waals surface area contributed by atoms with Gasteiger partial charge in [0.2, 0.25) is 5.91 Å². The van der Waals surface area contributed by atoms with E-state index in [9.17, 15) is 14.9 Å². The van der Waals surface area contributed by atoms with E-state index in [1.165, 1.54) is 18.9 Å². The Hall–Kier alpha value is -3.15. The largest absolute Gasteiger partial charge is 0.493 e. The van der Waals surface area contributed by atoms with Crippen LogP contribution >= 0.6 is 23.4 Å². The Morgan fingerprint density at radius 1 is 1.21 bits per heavy atom. The molecule has 2 aromatic carbocycles. The first-order valence-corrected chi connectivity index (χ1v) is 11.6. The molecule has 3 rings (SSSR count). The topological polar surface area (TPSA) is 97.6 Å². The molecule has 0 unspecified atom stereocenters. The molecule has 0 fully saturated rings. The molecule has 0 saturated carbocycles. The van der Waals surface area contributed by atoms with Gasteiger partial charge in [-0.3, -0.25) is 9.59 Å². The van der Waals surface area contributed by atoms with Gasteiger partial charge in [0.25, 0.3) is 0 Å². The predicted molar refractivity (Wildman–Crippen MR) is 126 cm³/mol. The molecule has 0 spiro atoms. The summed E-state index contributed by atoms with van der Waals surface area (Å²) in [6.07, 6.45) is 0. The van der Waals surface area contributed by atoms with Crippen LogP contribution in [0.4, 0.5) is 0 Å². The number of thioether (sulfide) groups is 1. The van der Waals surface area contributed by atoms with Crippen molar-refractivity contribution in [2.45, 2.75) is 12.8 Å². The number of amides is 1. The van der Waals surface area contributed by atoms with E-state index in [1.54, 1.807) is 18.2 Å². The molecule has 1 amide bonds. The number of nitrogens with one attached hydrogen (secondary N) is 1. The zero-order chi connectivity index (χ0) is 23.8. The van der Waals surface area contributed by atoms with Crippen LogP contribution in [-0.2, 0) is 14.3 Å². The number of nitriles is 1. The summed E-state index contributed by atoms with van der Waals surface area (Å²) in [5, 5.41) is 13.4. The summed E-state index contributed by atoms with van der Waals surface area (Å²) >= 11 is 7.63. The Balaban J connectivity index is 1.89. The van der Waals surface area contributed by atoms with Gasteiger partial charge >= 0.3 is 5.97 Å². The van der Waals surface area contributed by atoms with Crippen LogP contribution in [0.1, 0.15) is 18.4 Å². The van der Waals surface area contributed by atoms with E-state index in [0.717, 1.165) is 5.75 Å². The molecule has 0 aromatic heterocycles. The molecule has 0 bridgehead atoms. The highest BCUT2D eigenvalue weighted by molar-refractivity contribution is 8.03. The predicted octanol–water partition coefficient (Wildman–Crippen LogP) is 4.29. The molecule has 2 aromatic rings. The van der Waals surface area contributed by atoms with Gasteiger partial charge < -0.3 is 19.5 Å². The number of methoxy groups -OCH3 is 1. The van der Waals surface area contributed by atoms with Gasteiger partial charge in [0.1, 0.15) is 17.4 Å². The highest BCUT2D eigenvalue weighted by Crippen LogP contribution is 2.42. The molecule has 0 aliphatic carbocycles. The second kappa shape index (κ2) is 11.6. The van der Waals surface area contributed by atoms with Crippen molar-refractivity contribution in [2.24, 2.45) is 5.92 Å². The molecule has 1 aliphatic rings. The van der Waals surface area contributed by atoms with Crippen LogP contribution in [-0.4, -0.2) is 38.0 Å². The molecule has 7 nitrogen and oxygen atoms in total. The lowest BCUT2D eigenvalue weighted by molar-refractivity contribution is -0.150. The highest BCUT2D eigenvalue weighted by Gasteiger charge is 2.44. The minimum Gasteiger partial charge on any atom is -0.493 e. The Kier molecular flexibility index (Phi) is 8.64. The van der Waals surface area contributed by atoms with E-state index in [-0.39, 0.29) is 5.57 Å². The lowest BCUT2D eigenvalue weighted by Crippen LogP contribution is -2.44. The van der Waals surface area contributed by atoms with Crippen molar-refractivity contribution in [1.29, 1.82) is 5.26 Å². The number of benzene rings is 2. The maximum atomic E-state index is 12.9. The SMILES string of the molecule is CCOc1ccc([C@@H]2C(C#N)=C(SCCOc3ccccc3)NC(=O)[C@@H]2C(=O)OC)cc1Cl. The van der Waals surface area contributed by atoms with Gasteiger partial charge in [-0.15, -0.1) is 11.8 Å². The lowest BCUT2D eigenvalue weighted by Gasteiger charge is -2.31. The van der Waals surface area contributed by atoms with Gasteiger partial charge in [-0.1, -0.05) is 35.9 Å². The first-order valence-electron chi connectivity index (χ1n) is 10.3. The molecular weight excluding hydrogens is 464 g/mol. The van der Waals surface area contributed by atoms with Crippen LogP contribution < -0.4 is 14.8 Å². The molecule has 1 aliphatic heterocycles. The Labute approximate surface area is 201 Å². The lowest BCUT2D eigenvalue weighted by atomic mass is 9.78. The van der Waals surface area contributed by atoms with Crippen molar-refractivity contribution >= 4 is 35.2 Å². The highest BCUT2D eigenvalue weighted by atomic mass is 35.5. The number of rotatable bonds is 9. The number of hydrogen-bond acceptors (Lipinski definition) is 7. The zero-order valence-corrected chi connectivity index (χ0v) is 19.7.